The van der Waals surface area contributed by atoms with Gasteiger partial charge in [-0.3, -0.25) is 9.20 Å². The van der Waals surface area contributed by atoms with Crippen LogP contribution in [0.3, 0.4) is 0 Å². The number of nitrogens with one attached hydrogen (secondary N) is 3. The first-order chi connectivity index (χ1) is 18.3. The molecule has 0 aliphatic rings. The number of aryl methyl sites for hydroxylation is 1. The van der Waals surface area contributed by atoms with Crippen LogP contribution >= 0.6 is 0 Å². The molecule has 1 atom stereocenters. The highest BCUT2D eigenvalue weighted by molar-refractivity contribution is 6.02. The average molecular weight is 515 g/mol. The lowest BCUT2D eigenvalue weighted by Gasteiger charge is -2.20. The van der Waals surface area contributed by atoms with Gasteiger partial charge < -0.3 is 20.7 Å². The Balaban J connectivity index is 1.51. The van der Waals surface area contributed by atoms with Gasteiger partial charge in [0.15, 0.2) is 11.5 Å². The molecule has 0 fully saturated rings. The van der Waals surface area contributed by atoms with Crippen LogP contribution in [0.2, 0.25) is 0 Å². The molecule has 4 aromatic rings. The standard InChI is InChI=1S/C28H30N6O4/c1-5-38-27(36)23(17(2)3)31-26(35)21-10-8-16-34-24(32-33-25(21)34)19-12-14-20(15-13-19)29-28(37)30-22-11-7-6-9-18(22)4/h6-17,23H,5H2,1-4H3,(H,31,35)(H2,29,30,37)/t23-/m0/s1. The molecular weight excluding hydrogens is 484 g/mol. The van der Waals surface area contributed by atoms with Crippen molar-refractivity contribution in [1.82, 2.24) is 19.9 Å². The zero-order chi connectivity index (χ0) is 27.2. The van der Waals surface area contributed by atoms with Gasteiger partial charge in [0.1, 0.15) is 6.04 Å². The van der Waals surface area contributed by atoms with E-state index in [1.807, 2.05) is 57.2 Å². The zero-order valence-electron chi connectivity index (χ0n) is 21.7. The van der Waals surface area contributed by atoms with E-state index >= 15 is 0 Å². The molecule has 0 radical (unpaired) electrons. The van der Waals surface area contributed by atoms with Crippen LogP contribution in [-0.4, -0.2) is 45.2 Å². The Morgan fingerprint density at radius 2 is 1.68 bits per heavy atom. The first kappa shape index (κ1) is 26.3. The zero-order valence-corrected chi connectivity index (χ0v) is 21.7. The Morgan fingerprint density at radius 1 is 0.947 bits per heavy atom. The predicted octanol–water partition coefficient (Wildman–Crippen LogP) is 4.67. The minimum absolute atomic E-state index is 0.155. The molecule has 2 heterocycles. The third-order valence-corrected chi connectivity index (χ3v) is 5.97. The highest BCUT2D eigenvalue weighted by Gasteiger charge is 2.27. The van der Waals surface area contributed by atoms with Crippen LogP contribution in [0, 0.1) is 12.8 Å². The van der Waals surface area contributed by atoms with Gasteiger partial charge in [0.05, 0.1) is 12.2 Å². The number of ether oxygens (including phenoxy) is 1. The van der Waals surface area contributed by atoms with E-state index in [2.05, 4.69) is 26.1 Å². The number of esters is 1. The summed E-state index contributed by atoms with van der Waals surface area (Å²) in [6.07, 6.45) is 1.76. The first-order valence-electron chi connectivity index (χ1n) is 12.3. The van der Waals surface area contributed by atoms with Crippen LogP contribution < -0.4 is 16.0 Å². The maximum Gasteiger partial charge on any atom is 0.328 e. The van der Waals surface area contributed by atoms with E-state index < -0.39 is 17.9 Å². The summed E-state index contributed by atoms with van der Waals surface area (Å²) in [6.45, 7) is 7.54. The van der Waals surface area contributed by atoms with Crippen molar-refractivity contribution < 1.29 is 19.1 Å². The molecule has 0 aliphatic heterocycles. The molecular formula is C28H30N6O4. The third kappa shape index (κ3) is 5.80. The number of para-hydroxylation sites is 1. The Kier molecular flexibility index (Phi) is 8.00. The fourth-order valence-corrected chi connectivity index (χ4v) is 3.94. The lowest BCUT2D eigenvalue weighted by molar-refractivity contribution is -0.146. The number of rotatable bonds is 8. The maximum atomic E-state index is 13.1. The smallest absolute Gasteiger partial charge is 0.328 e. The molecule has 196 valence electrons. The summed E-state index contributed by atoms with van der Waals surface area (Å²) in [6, 6.07) is 16.9. The van der Waals surface area contributed by atoms with Gasteiger partial charge in [0.2, 0.25) is 0 Å². The van der Waals surface area contributed by atoms with Gasteiger partial charge in [-0.05, 0) is 67.8 Å². The van der Waals surface area contributed by atoms with Gasteiger partial charge in [0.25, 0.3) is 5.91 Å². The number of fused-ring (bicyclic) bond motifs is 1. The number of amides is 3. The summed E-state index contributed by atoms with van der Waals surface area (Å²) in [4.78, 5) is 37.8. The minimum atomic E-state index is -0.784. The number of hydrogen-bond acceptors (Lipinski definition) is 6. The van der Waals surface area contributed by atoms with Crippen molar-refractivity contribution in [2.45, 2.75) is 33.7 Å². The summed E-state index contributed by atoms with van der Waals surface area (Å²) < 4.78 is 6.81. The highest BCUT2D eigenvalue weighted by atomic mass is 16.5. The fourth-order valence-electron chi connectivity index (χ4n) is 3.94. The van der Waals surface area contributed by atoms with Crippen LogP contribution in [0.4, 0.5) is 16.2 Å². The number of pyridine rings is 1. The topological polar surface area (TPSA) is 127 Å². The average Bonchev–Trinajstić information content (AvgIpc) is 3.33. The quantitative estimate of drug-likeness (QED) is 0.294. The number of aromatic nitrogens is 3. The Morgan fingerprint density at radius 3 is 2.37 bits per heavy atom. The van der Waals surface area contributed by atoms with Crippen LogP contribution in [0.25, 0.3) is 17.0 Å². The predicted molar refractivity (Wildman–Crippen MR) is 145 cm³/mol. The molecule has 2 aromatic carbocycles. The van der Waals surface area contributed by atoms with Crippen LogP contribution in [-0.2, 0) is 9.53 Å². The van der Waals surface area contributed by atoms with Crippen molar-refractivity contribution in [2.75, 3.05) is 17.2 Å². The van der Waals surface area contributed by atoms with E-state index in [1.54, 1.807) is 41.8 Å². The van der Waals surface area contributed by atoms with Crippen molar-refractivity contribution in [3.8, 4) is 11.4 Å². The summed E-state index contributed by atoms with van der Waals surface area (Å²) in [7, 11) is 0. The largest absolute Gasteiger partial charge is 0.464 e. The Hall–Kier alpha value is -4.73. The second-order valence-electron chi connectivity index (χ2n) is 9.06. The molecule has 38 heavy (non-hydrogen) atoms. The van der Waals surface area contributed by atoms with Gasteiger partial charge in [-0.15, -0.1) is 10.2 Å². The summed E-state index contributed by atoms with van der Waals surface area (Å²) in [5.74, 6) is -0.555. The van der Waals surface area contributed by atoms with Gasteiger partial charge in [-0.1, -0.05) is 32.0 Å². The summed E-state index contributed by atoms with van der Waals surface area (Å²) in [5.41, 5.74) is 3.68. The molecule has 0 bridgehead atoms. The lowest BCUT2D eigenvalue weighted by atomic mass is 10.0. The third-order valence-electron chi connectivity index (χ3n) is 5.97. The van der Waals surface area contributed by atoms with E-state index in [9.17, 15) is 14.4 Å². The lowest BCUT2D eigenvalue weighted by Crippen LogP contribution is -2.45. The molecule has 0 spiro atoms. The molecule has 10 heteroatoms. The van der Waals surface area contributed by atoms with Crippen molar-refractivity contribution in [3.63, 3.8) is 0 Å². The molecule has 3 N–H and O–H groups in total. The second-order valence-corrected chi connectivity index (χ2v) is 9.06. The van der Waals surface area contributed by atoms with Crippen molar-refractivity contribution >= 4 is 34.9 Å². The molecule has 3 amide bonds. The number of carbonyl (C=O) groups is 3. The minimum Gasteiger partial charge on any atom is -0.464 e. The van der Waals surface area contributed by atoms with E-state index in [-0.39, 0.29) is 24.1 Å². The molecule has 0 aliphatic carbocycles. The Labute approximate surface area is 220 Å². The van der Waals surface area contributed by atoms with E-state index in [0.717, 1.165) is 16.8 Å². The van der Waals surface area contributed by atoms with E-state index in [0.29, 0.717) is 17.2 Å². The maximum absolute atomic E-state index is 13.1. The number of nitrogens with zero attached hydrogens (tertiary/aromatic N) is 3. The molecule has 4 rings (SSSR count). The molecule has 0 unspecified atom stereocenters. The first-order valence-corrected chi connectivity index (χ1v) is 12.3. The van der Waals surface area contributed by atoms with Crippen LogP contribution in [0.15, 0.2) is 66.9 Å². The van der Waals surface area contributed by atoms with E-state index in [1.165, 1.54) is 0 Å². The number of hydrogen-bond donors (Lipinski definition) is 3. The molecule has 0 saturated heterocycles. The number of urea groups is 1. The summed E-state index contributed by atoms with van der Waals surface area (Å²) in [5, 5.41) is 16.9. The second kappa shape index (κ2) is 11.5. The SMILES string of the molecule is CCOC(=O)[C@@H](NC(=O)c1cccn2c(-c3ccc(NC(=O)Nc4ccccc4C)cc3)nnc12)C(C)C. The normalized spacial score (nSPS) is 11.7. The van der Waals surface area contributed by atoms with E-state index in [4.69, 9.17) is 4.74 Å². The fraction of sp³-hybridized carbons (Fsp3) is 0.250. The summed E-state index contributed by atoms with van der Waals surface area (Å²) >= 11 is 0. The number of carbonyl (C=O) groups excluding carboxylic acids is 3. The van der Waals surface area contributed by atoms with Gasteiger partial charge >= 0.3 is 12.0 Å². The number of benzene rings is 2. The van der Waals surface area contributed by atoms with Gasteiger partial charge in [-0.2, -0.15) is 0 Å². The molecule has 0 saturated carbocycles. The molecule has 2 aromatic heterocycles. The Bertz CT molecular complexity index is 1460. The molecule has 10 nitrogen and oxygen atoms in total. The van der Waals surface area contributed by atoms with Gasteiger partial charge in [0, 0.05) is 23.1 Å². The van der Waals surface area contributed by atoms with Crippen LogP contribution in [0.1, 0.15) is 36.7 Å². The number of anilines is 2. The van der Waals surface area contributed by atoms with Crippen molar-refractivity contribution in [3.05, 3.63) is 78.0 Å². The monoisotopic (exact) mass is 514 g/mol. The van der Waals surface area contributed by atoms with Crippen molar-refractivity contribution in [2.24, 2.45) is 5.92 Å². The van der Waals surface area contributed by atoms with Crippen molar-refractivity contribution in [1.29, 1.82) is 0 Å². The van der Waals surface area contributed by atoms with Gasteiger partial charge in [-0.25, -0.2) is 9.59 Å². The van der Waals surface area contributed by atoms with Crippen LogP contribution in [0.5, 0.6) is 0 Å². The highest BCUT2D eigenvalue weighted by Crippen LogP contribution is 2.23.